The predicted octanol–water partition coefficient (Wildman–Crippen LogP) is 5.95. The van der Waals surface area contributed by atoms with E-state index in [1.54, 1.807) is 4.90 Å². The fourth-order valence-corrected chi connectivity index (χ4v) is 6.76. The minimum atomic E-state index is -4.64. The van der Waals surface area contributed by atoms with E-state index in [9.17, 15) is 26.4 Å². The average Bonchev–Trinajstić information content (AvgIpc) is 3.17. The van der Waals surface area contributed by atoms with Gasteiger partial charge >= 0.3 is 6.18 Å². The number of benzene rings is 2. The van der Waals surface area contributed by atoms with Gasteiger partial charge in [0, 0.05) is 13.0 Å². The highest BCUT2D eigenvalue weighted by Crippen LogP contribution is 2.41. The van der Waals surface area contributed by atoms with Crippen molar-refractivity contribution in [2.75, 3.05) is 11.4 Å². The number of thiazole rings is 1. The van der Waals surface area contributed by atoms with Crippen LogP contribution in [0.2, 0.25) is 0 Å². The Labute approximate surface area is 195 Å². The Morgan fingerprint density at radius 2 is 1.79 bits per heavy atom. The van der Waals surface area contributed by atoms with Crippen molar-refractivity contribution in [1.29, 1.82) is 0 Å². The van der Waals surface area contributed by atoms with Gasteiger partial charge in [-0.1, -0.05) is 37.0 Å². The van der Waals surface area contributed by atoms with Crippen molar-refractivity contribution in [2.24, 2.45) is 5.92 Å². The van der Waals surface area contributed by atoms with Crippen LogP contribution in [0.15, 0.2) is 53.4 Å². The van der Waals surface area contributed by atoms with E-state index in [4.69, 9.17) is 0 Å². The van der Waals surface area contributed by atoms with E-state index in [-0.39, 0.29) is 19.8 Å². The monoisotopic (exact) mass is 498 g/mol. The van der Waals surface area contributed by atoms with E-state index in [1.807, 2.05) is 24.3 Å². The van der Waals surface area contributed by atoms with E-state index in [0.29, 0.717) is 24.2 Å². The van der Waals surface area contributed by atoms with Gasteiger partial charge in [-0.25, -0.2) is 13.4 Å². The van der Waals surface area contributed by atoms with Crippen LogP contribution in [0.5, 0.6) is 0 Å². The molecule has 178 valence electrons. The molecule has 33 heavy (non-hydrogen) atoms. The number of amides is 1. The molecule has 3 aromatic rings. The maximum Gasteiger partial charge on any atom is 0.416 e. The molecule has 1 atom stereocenters. The Kier molecular flexibility index (Phi) is 6.65. The molecule has 0 spiro atoms. The van der Waals surface area contributed by atoms with E-state index in [2.05, 4.69) is 4.98 Å². The molecule has 1 aliphatic rings. The number of alkyl halides is 3. The molecule has 2 heterocycles. The number of hydrogen-bond donors (Lipinski definition) is 0. The number of halogens is 3. The Balaban J connectivity index is 0.00000306. The van der Waals surface area contributed by atoms with E-state index < -0.39 is 37.1 Å². The first kappa shape index (κ1) is 25.2. The second-order valence-electron chi connectivity index (χ2n) is 8.33. The molecule has 5 nitrogen and oxygen atoms in total. The Hall–Kier alpha value is -2.46. The number of carbonyl (C=O) groups excluding carboxylic acids is 1. The van der Waals surface area contributed by atoms with Gasteiger partial charge in [-0.15, -0.1) is 0 Å². The molecular formula is C23H25F3N2O3S2. The zero-order valence-corrected chi connectivity index (χ0v) is 19.0. The highest BCUT2D eigenvalue weighted by molar-refractivity contribution is 7.92. The lowest BCUT2D eigenvalue weighted by Gasteiger charge is -2.39. The molecule has 1 amide bonds. The third-order valence-electron chi connectivity index (χ3n) is 6.08. The summed E-state index contributed by atoms with van der Waals surface area (Å²) >= 11 is 1.39. The van der Waals surface area contributed by atoms with Crippen LogP contribution in [0.25, 0.3) is 10.2 Å². The van der Waals surface area contributed by atoms with E-state index >= 15 is 0 Å². The zero-order valence-electron chi connectivity index (χ0n) is 17.4. The number of aromatic nitrogens is 1. The molecule has 10 heteroatoms. The van der Waals surface area contributed by atoms with Gasteiger partial charge in [-0.05, 0) is 56.5 Å². The summed E-state index contributed by atoms with van der Waals surface area (Å²) in [5.41, 5.74) is -0.231. The summed E-state index contributed by atoms with van der Waals surface area (Å²) in [6.07, 6.45) is -4.28. The summed E-state index contributed by atoms with van der Waals surface area (Å²) < 4.78 is 65.4. The topological polar surface area (TPSA) is 67.3 Å². The van der Waals surface area contributed by atoms with Crippen molar-refractivity contribution >= 4 is 42.4 Å². The Morgan fingerprint density at radius 1 is 1.09 bits per heavy atom. The molecule has 1 aliphatic heterocycles. The molecule has 2 aromatic carbocycles. The van der Waals surface area contributed by atoms with E-state index in [1.165, 1.54) is 31.3 Å². The number of sulfone groups is 1. The van der Waals surface area contributed by atoms with Crippen LogP contribution in [0.4, 0.5) is 18.3 Å². The third-order valence-corrected chi connectivity index (χ3v) is 9.74. The molecule has 4 rings (SSSR count). The second kappa shape index (κ2) is 8.72. The summed E-state index contributed by atoms with van der Waals surface area (Å²) in [6.45, 7) is 3.26. The predicted molar refractivity (Wildman–Crippen MR) is 124 cm³/mol. The number of nitrogens with zero attached hydrogens (tertiary/aromatic N) is 2. The Bertz CT molecular complexity index is 1250. The number of anilines is 1. The smallest absolute Gasteiger partial charge is 0.288 e. The van der Waals surface area contributed by atoms with Crippen molar-refractivity contribution < 1.29 is 26.4 Å². The maximum atomic E-state index is 13.3. The van der Waals surface area contributed by atoms with Crippen molar-refractivity contribution in [1.82, 2.24) is 4.98 Å². The van der Waals surface area contributed by atoms with Crippen molar-refractivity contribution in [3.8, 4) is 0 Å². The summed E-state index contributed by atoms with van der Waals surface area (Å²) in [6, 6.07) is 11.3. The van der Waals surface area contributed by atoms with Crippen LogP contribution < -0.4 is 4.90 Å². The van der Waals surface area contributed by atoms with Crippen molar-refractivity contribution in [2.45, 2.75) is 49.9 Å². The number of para-hydroxylation sites is 1. The fourth-order valence-electron chi connectivity index (χ4n) is 3.97. The molecule has 0 saturated carbocycles. The molecule has 1 saturated heterocycles. The normalized spacial score (nSPS) is 17.8. The fraction of sp³-hybridized carbons (Fsp3) is 0.391. The maximum absolute atomic E-state index is 13.3. The molecule has 0 aliphatic carbocycles. The molecule has 1 fully saturated rings. The molecule has 0 radical (unpaired) electrons. The van der Waals surface area contributed by atoms with Gasteiger partial charge in [0.25, 0.3) is 0 Å². The van der Waals surface area contributed by atoms with Crippen LogP contribution in [0.1, 0.15) is 39.7 Å². The first-order chi connectivity index (χ1) is 14.9. The number of carbonyl (C=O) groups is 1. The zero-order chi connectivity index (χ0) is 23.3. The number of fused-ring (bicyclic) bond motifs is 1. The molecule has 1 aromatic heterocycles. The summed E-state index contributed by atoms with van der Waals surface area (Å²) in [4.78, 5) is 18.6. The van der Waals surface area contributed by atoms with E-state index in [0.717, 1.165) is 22.3 Å². The van der Waals surface area contributed by atoms with Crippen LogP contribution in [-0.2, 0) is 20.8 Å². The minimum absolute atomic E-state index is 0. The lowest BCUT2D eigenvalue weighted by molar-refractivity contribution is -0.137. The van der Waals surface area contributed by atoms with Crippen LogP contribution in [-0.4, -0.2) is 30.6 Å². The second-order valence-corrected chi connectivity index (χ2v) is 11.9. The lowest BCUT2D eigenvalue weighted by atomic mass is 9.85. The van der Waals surface area contributed by atoms with Crippen molar-refractivity contribution in [3.63, 3.8) is 0 Å². The van der Waals surface area contributed by atoms with Gasteiger partial charge in [-0.3, -0.25) is 9.69 Å². The first-order valence-corrected chi connectivity index (χ1v) is 12.3. The number of hydrogen-bond acceptors (Lipinski definition) is 5. The number of rotatable bonds is 4. The number of piperidine rings is 1. The van der Waals surface area contributed by atoms with Gasteiger partial charge < -0.3 is 0 Å². The van der Waals surface area contributed by atoms with Gasteiger partial charge in [-0.2, -0.15) is 13.2 Å². The van der Waals surface area contributed by atoms with Gasteiger partial charge in [0.15, 0.2) is 15.0 Å². The Morgan fingerprint density at radius 3 is 2.42 bits per heavy atom. The largest absolute Gasteiger partial charge is 0.416 e. The van der Waals surface area contributed by atoms with Crippen LogP contribution >= 0.6 is 11.3 Å². The molecule has 0 unspecified atom stereocenters. The average molecular weight is 499 g/mol. The molecule has 0 N–H and O–H groups in total. The molecular weight excluding hydrogens is 473 g/mol. The summed E-state index contributed by atoms with van der Waals surface area (Å²) in [5, 5.41) is 0.563. The lowest BCUT2D eigenvalue weighted by Crippen LogP contribution is -2.48. The van der Waals surface area contributed by atoms with Crippen molar-refractivity contribution in [3.05, 3.63) is 54.1 Å². The standard InChI is InChI=1S/C22H21F3N2O3S2.CH4/c1-21(2,32(29,30)16-7-5-6-15(12-16)22(23,24)25)14-10-11-27(19(28)13-14)20-26-17-8-3-4-9-18(17)31-20;/h3-9,12,14H,10-11,13H2,1-2H3;1H4/t14-;/m0./s1. The minimum Gasteiger partial charge on any atom is -0.288 e. The van der Waals surface area contributed by atoms with Gasteiger partial charge in [0.2, 0.25) is 5.91 Å². The highest BCUT2D eigenvalue weighted by Gasteiger charge is 2.46. The third kappa shape index (κ3) is 4.50. The van der Waals surface area contributed by atoms with Crippen LogP contribution in [0.3, 0.4) is 0 Å². The highest BCUT2D eigenvalue weighted by atomic mass is 32.2. The summed E-state index contributed by atoms with van der Waals surface area (Å²) in [5.74, 6) is -0.784. The quantitative estimate of drug-likeness (QED) is 0.446. The van der Waals surface area contributed by atoms with Gasteiger partial charge in [0.1, 0.15) is 0 Å². The SMILES string of the molecule is C.CC(C)([C@H]1CCN(c2nc3ccccc3s2)C(=O)C1)S(=O)(=O)c1cccc(C(F)(F)F)c1. The first-order valence-electron chi connectivity index (χ1n) is 9.99. The molecule has 0 bridgehead atoms. The van der Waals surface area contributed by atoms with Crippen LogP contribution in [0, 0.1) is 5.92 Å². The summed E-state index contributed by atoms with van der Waals surface area (Å²) in [7, 11) is -4.13. The van der Waals surface area contributed by atoms with Gasteiger partial charge in [0.05, 0.1) is 25.4 Å².